The molecule has 0 unspecified atom stereocenters. The Morgan fingerprint density at radius 1 is 1.24 bits per heavy atom. The molecular weight excluding hydrogens is 314 g/mol. The van der Waals surface area contributed by atoms with E-state index in [2.05, 4.69) is 11.2 Å². The van der Waals surface area contributed by atoms with E-state index >= 15 is 0 Å². The second-order valence-corrected chi connectivity index (χ2v) is 6.29. The van der Waals surface area contributed by atoms with Gasteiger partial charge in [0.05, 0.1) is 5.52 Å². The number of unbranched alkanes of at least 4 members (excludes halogenated alkanes) is 2. The van der Waals surface area contributed by atoms with Crippen molar-refractivity contribution in [3.8, 4) is 0 Å². The molecule has 0 aliphatic heterocycles. The third kappa shape index (κ3) is 4.10. The normalized spacial score (nSPS) is 11.4. The lowest BCUT2D eigenvalue weighted by Crippen LogP contribution is -2.05. The first-order valence-corrected chi connectivity index (χ1v) is 8.99. The topological polar surface area (TPSA) is 17.8 Å². The molecule has 1 heterocycles. The van der Waals surface area contributed by atoms with Crippen LogP contribution in [0.5, 0.6) is 0 Å². The van der Waals surface area contributed by atoms with Gasteiger partial charge in [0.25, 0.3) is 0 Å². The summed E-state index contributed by atoms with van der Waals surface area (Å²) in [5.41, 5.74) is 0.762. The summed E-state index contributed by atoms with van der Waals surface area (Å²) in [5.74, 6) is 1.11. The minimum absolute atomic E-state index is 0.237. The van der Waals surface area contributed by atoms with Crippen LogP contribution in [0.25, 0.3) is 11.0 Å². The van der Waals surface area contributed by atoms with Crippen LogP contribution in [0.4, 0.5) is 8.78 Å². The van der Waals surface area contributed by atoms with Crippen molar-refractivity contribution < 1.29 is 8.78 Å². The van der Waals surface area contributed by atoms with Gasteiger partial charge in [0.15, 0.2) is 5.82 Å². The number of benzene rings is 1. The number of rotatable bonds is 8. The van der Waals surface area contributed by atoms with Gasteiger partial charge in [0.2, 0.25) is 0 Å². The summed E-state index contributed by atoms with van der Waals surface area (Å²) in [6.07, 6.45) is 5.87. The summed E-state index contributed by atoms with van der Waals surface area (Å²) < 4.78 is 29.2. The third-order valence-corrected chi connectivity index (χ3v) is 4.29. The van der Waals surface area contributed by atoms with E-state index in [-0.39, 0.29) is 5.52 Å². The van der Waals surface area contributed by atoms with Gasteiger partial charge in [-0.2, -0.15) is 11.8 Å². The molecule has 0 saturated carbocycles. The molecule has 0 aliphatic carbocycles. The van der Waals surface area contributed by atoms with Crippen LogP contribution in [-0.2, 0) is 13.0 Å². The lowest BCUT2D eigenvalue weighted by atomic mass is 10.2. The van der Waals surface area contributed by atoms with Crippen LogP contribution in [-0.4, -0.2) is 27.4 Å². The summed E-state index contributed by atoms with van der Waals surface area (Å²) in [7, 11) is 0. The van der Waals surface area contributed by atoms with E-state index in [0.717, 1.165) is 43.5 Å². The van der Waals surface area contributed by atoms with Crippen molar-refractivity contribution in [3.63, 3.8) is 0 Å². The maximum absolute atomic E-state index is 13.8. The van der Waals surface area contributed by atoms with Gasteiger partial charge in [-0.3, -0.25) is 0 Å². The van der Waals surface area contributed by atoms with Crippen molar-refractivity contribution >= 4 is 34.4 Å². The molecule has 0 radical (unpaired) electrons. The number of imidazole rings is 1. The molecule has 0 bridgehead atoms. The molecule has 0 N–H and O–H groups in total. The van der Waals surface area contributed by atoms with E-state index in [4.69, 9.17) is 11.6 Å². The fraction of sp³-hybridized carbons (Fsp3) is 0.533. The molecule has 2 rings (SSSR count). The Balaban J connectivity index is 2.23. The first-order chi connectivity index (χ1) is 10.2. The zero-order valence-corrected chi connectivity index (χ0v) is 13.6. The van der Waals surface area contributed by atoms with Crippen LogP contribution in [0.3, 0.4) is 0 Å². The Kier molecular flexibility index (Phi) is 6.30. The second-order valence-electron chi connectivity index (χ2n) is 4.93. The molecule has 0 aliphatic rings. The molecule has 2 aromatic rings. The Morgan fingerprint density at radius 3 is 2.76 bits per heavy atom. The van der Waals surface area contributed by atoms with E-state index in [1.165, 1.54) is 6.07 Å². The van der Waals surface area contributed by atoms with Crippen molar-refractivity contribution in [2.24, 2.45) is 0 Å². The van der Waals surface area contributed by atoms with Crippen LogP contribution in [0.1, 0.15) is 25.1 Å². The minimum Gasteiger partial charge on any atom is -0.328 e. The van der Waals surface area contributed by atoms with Crippen LogP contribution in [0.15, 0.2) is 12.1 Å². The number of alkyl halides is 1. The number of fused-ring (bicyclic) bond motifs is 1. The van der Waals surface area contributed by atoms with Gasteiger partial charge in [-0.1, -0.05) is 6.42 Å². The highest BCUT2D eigenvalue weighted by Gasteiger charge is 2.15. The van der Waals surface area contributed by atoms with Gasteiger partial charge in [-0.25, -0.2) is 13.8 Å². The van der Waals surface area contributed by atoms with E-state index in [9.17, 15) is 8.78 Å². The zero-order chi connectivity index (χ0) is 15.2. The molecule has 0 spiro atoms. The molecule has 0 atom stereocenters. The number of halogens is 3. The van der Waals surface area contributed by atoms with Crippen LogP contribution >= 0.6 is 23.4 Å². The van der Waals surface area contributed by atoms with Crippen LogP contribution in [0.2, 0.25) is 0 Å². The standard InChI is InChI=1S/C15H19ClF2N2S/c1-21-8-4-2-3-7-20-13-10-11(17)9-12(18)15(13)19-14(20)5-6-16/h9-10H,2-8H2,1H3. The summed E-state index contributed by atoms with van der Waals surface area (Å²) in [5, 5.41) is 0. The quantitative estimate of drug-likeness (QED) is 0.518. The minimum atomic E-state index is -0.609. The second kappa shape index (κ2) is 7.99. The lowest BCUT2D eigenvalue weighted by molar-refractivity contribution is 0.584. The van der Waals surface area contributed by atoms with Gasteiger partial charge in [0.1, 0.15) is 17.2 Å². The molecule has 2 nitrogen and oxygen atoms in total. The Labute approximate surface area is 132 Å². The number of hydrogen-bond acceptors (Lipinski definition) is 2. The van der Waals surface area contributed by atoms with E-state index in [0.29, 0.717) is 17.8 Å². The molecule has 0 amide bonds. The van der Waals surface area contributed by atoms with Gasteiger partial charge >= 0.3 is 0 Å². The summed E-state index contributed by atoms with van der Waals surface area (Å²) in [6, 6.07) is 2.23. The Morgan fingerprint density at radius 2 is 2.05 bits per heavy atom. The van der Waals surface area contributed by atoms with E-state index in [1.807, 2.05) is 16.3 Å². The predicted octanol–water partition coefficient (Wildman–Crippen LogP) is 4.63. The maximum Gasteiger partial charge on any atom is 0.153 e. The molecule has 1 aromatic carbocycles. The van der Waals surface area contributed by atoms with E-state index < -0.39 is 11.6 Å². The van der Waals surface area contributed by atoms with Crippen molar-refractivity contribution in [2.45, 2.75) is 32.2 Å². The average Bonchev–Trinajstić information content (AvgIpc) is 2.78. The van der Waals surface area contributed by atoms with Crippen molar-refractivity contribution in [1.82, 2.24) is 9.55 Å². The zero-order valence-electron chi connectivity index (χ0n) is 12.0. The first-order valence-electron chi connectivity index (χ1n) is 7.06. The Bertz CT molecular complexity index is 601. The number of nitrogens with zero attached hydrogens (tertiary/aromatic N) is 2. The Hall–Kier alpha value is -0.810. The van der Waals surface area contributed by atoms with Crippen molar-refractivity contribution in [2.75, 3.05) is 17.9 Å². The van der Waals surface area contributed by atoms with Crippen LogP contribution < -0.4 is 0 Å². The number of hydrogen-bond donors (Lipinski definition) is 0. The van der Waals surface area contributed by atoms with Gasteiger partial charge in [-0.15, -0.1) is 11.6 Å². The molecule has 0 saturated heterocycles. The summed E-state index contributed by atoms with van der Waals surface area (Å²) >= 11 is 7.62. The fourth-order valence-corrected chi connectivity index (χ4v) is 3.08. The molecular formula is C15H19ClF2N2S. The monoisotopic (exact) mass is 332 g/mol. The average molecular weight is 333 g/mol. The third-order valence-electron chi connectivity index (χ3n) is 3.40. The molecule has 1 aromatic heterocycles. The number of aryl methyl sites for hydroxylation is 2. The highest BCUT2D eigenvalue weighted by Crippen LogP contribution is 2.22. The molecule has 116 valence electrons. The van der Waals surface area contributed by atoms with Crippen LogP contribution in [0, 0.1) is 11.6 Å². The molecule has 21 heavy (non-hydrogen) atoms. The fourth-order valence-electron chi connectivity index (χ4n) is 2.42. The molecule has 0 fully saturated rings. The van der Waals surface area contributed by atoms with Gasteiger partial charge in [0, 0.05) is 24.9 Å². The lowest BCUT2D eigenvalue weighted by Gasteiger charge is -2.08. The first kappa shape index (κ1) is 16.6. The van der Waals surface area contributed by atoms with E-state index in [1.54, 1.807) is 0 Å². The van der Waals surface area contributed by atoms with Gasteiger partial charge in [-0.05, 0) is 30.9 Å². The van der Waals surface area contributed by atoms with Gasteiger partial charge < -0.3 is 4.57 Å². The highest BCUT2D eigenvalue weighted by atomic mass is 35.5. The SMILES string of the molecule is CSCCCCCn1c(CCCl)nc2c(F)cc(F)cc21. The summed E-state index contributed by atoms with van der Waals surface area (Å²) in [6.45, 7) is 0.722. The van der Waals surface area contributed by atoms with Crippen molar-refractivity contribution in [3.05, 3.63) is 29.6 Å². The smallest absolute Gasteiger partial charge is 0.153 e. The molecule has 6 heteroatoms. The van der Waals surface area contributed by atoms with Crippen molar-refractivity contribution in [1.29, 1.82) is 0 Å². The number of thioether (sulfide) groups is 1. The summed E-state index contributed by atoms with van der Waals surface area (Å²) in [4.78, 5) is 4.29. The highest BCUT2D eigenvalue weighted by molar-refractivity contribution is 7.98. The maximum atomic E-state index is 13.8. The number of aromatic nitrogens is 2. The largest absolute Gasteiger partial charge is 0.328 e. The predicted molar refractivity (Wildman–Crippen MR) is 86.3 cm³/mol.